The highest BCUT2D eigenvalue weighted by Crippen LogP contribution is 2.35. The van der Waals surface area contributed by atoms with Crippen molar-refractivity contribution in [2.45, 2.75) is 64.5 Å². The van der Waals surface area contributed by atoms with Gasteiger partial charge in [-0.05, 0) is 49.7 Å². The molecule has 7 nitrogen and oxygen atoms in total. The number of ether oxygens (including phenoxy) is 1. The van der Waals surface area contributed by atoms with Gasteiger partial charge in [-0.3, -0.25) is 4.79 Å². The van der Waals surface area contributed by atoms with Gasteiger partial charge in [0.15, 0.2) is 6.61 Å². The summed E-state index contributed by atoms with van der Waals surface area (Å²) in [6, 6.07) is 7.98. The van der Waals surface area contributed by atoms with Crippen LogP contribution in [-0.4, -0.2) is 48.0 Å². The lowest BCUT2D eigenvalue weighted by atomic mass is 9.78. The lowest BCUT2D eigenvalue weighted by Gasteiger charge is -2.44. The van der Waals surface area contributed by atoms with Crippen molar-refractivity contribution in [3.05, 3.63) is 30.3 Å². The Morgan fingerprint density at radius 1 is 1.07 bits per heavy atom. The van der Waals surface area contributed by atoms with Gasteiger partial charge in [-0.25, -0.2) is 9.59 Å². The predicted octanol–water partition coefficient (Wildman–Crippen LogP) is 3.56. The maximum Gasteiger partial charge on any atom is 0.329 e. The molecule has 3 amide bonds. The Labute approximate surface area is 178 Å². The number of anilines is 1. The molecular weight excluding hydrogens is 382 g/mol. The second kappa shape index (κ2) is 10.5. The number of benzene rings is 1. The number of hydrogen-bond donors (Lipinski definition) is 2. The van der Waals surface area contributed by atoms with E-state index in [1.165, 1.54) is 19.3 Å². The largest absolute Gasteiger partial charge is 0.454 e. The van der Waals surface area contributed by atoms with Crippen LogP contribution in [-0.2, 0) is 14.3 Å². The average Bonchev–Trinajstić information content (AvgIpc) is 2.75. The zero-order valence-electron chi connectivity index (χ0n) is 17.9. The van der Waals surface area contributed by atoms with Crippen LogP contribution in [0.1, 0.15) is 52.4 Å². The number of carbonyl (C=O) groups excluding carboxylic acids is 3. The molecule has 2 N–H and O–H groups in total. The van der Waals surface area contributed by atoms with Gasteiger partial charge in [0.2, 0.25) is 0 Å². The lowest BCUT2D eigenvalue weighted by molar-refractivity contribution is -0.156. The number of hydrogen-bond acceptors (Lipinski definition) is 4. The number of piperidine rings is 1. The second-order valence-corrected chi connectivity index (χ2v) is 8.64. The van der Waals surface area contributed by atoms with Crippen molar-refractivity contribution in [2.75, 3.05) is 18.5 Å². The number of rotatable bonds is 6. The monoisotopic (exact) mass is 415 g/mol. The van der Waals surface area contributed by atoms with Crippen molar-refractivity contribution in [3.63, 3.8) is 0 Å². The molecule has 0 aromatic heterocycles. The van der Waals surface area contributed by atoms with E-state index in [0.717, 1.165) is 25.8 Å². The van der Waals surface area contributed by atoms with E-state index >= 15 is 0 Å². The Kier molecular flexibility index (Phi) is 7.71. The molecule has 7 heteroatoms. The summed E-state index contributed by atoms with van der Waals surface area (Å²) in [4.78, 5) is 39.6. The molecule has 0 bridgehead atoms. The first-order valence-corrected chi connectivity index (χ1v) is 11.0. The van der Waals surface area contributed by atoms with Gasteiger partial charge in [0, 0.05) is 18.3 Å². The molecule has 0 unspecified atom stereocenters. The maximum atomic E-state index is 12.8. The summed E-state index contributed by atoms with van der Waals surface area (Å²) >= 11 is 0. The van der Waals surface area contributed by atoms with Crippen molar-refractivity contribution in [3.8, 4) is 0 Å². The van der Waals surface area contributed by atoms with Gasteiger partial charge in [-0.15, -0.1) is 0 Å². The van der Waals surface area contributed by atoms with E-state index in [9.17, 15) is 14.4 Å². The van der Waals surface area contributed by atoms with Crippen LogP contribution in [0.2, 0.25) is 0 Å². The van der Waals surface area contributed by atoms with Gasteiger partial charge in [-0.1, -0.05) is 44.9 Å². The second-order valence-electron chi connectivity index (χ2n) is 8.64. The molecular formula is C23H33N3O4. The van der Waals surface area contributed by atoms with Gasteiger partial charge >= 0.3 is 12.0 Å². The summed E-state index contributed by atoms with van der Waals surface area (Å²) in [7, 11) is 0. The normalized spacial score (nSPS) is 22.0. The fourth-order valence-corrected chi connectivity index (χ4v) is 4.57. The summed E-state index contributed by atoms with van der Waals surface area (Å²) in [5.41, 5.74) is 0.633. The van der Waals surface area contributed by atoms with E-state index in [1.807, 2.05) is 36.9 Å². The molecule has 1 aliphatic carbocycles. The van der Waals surface area contributed by atoms with E-state index in [2.05, 4.69) is 10.6 Å². The van der Waals surface area contributed by atoms with E-state index < -0.39 is 18.0 Å². The number of nitrogens with zero attached hydrogens (tertiary/aromatic N) is 1. The lowest BCUT2D eigenvalue weighted by Crippen LogP contribution is -2.52. The molecule has 3 rings (SSSR count). The van der Waals surface area contributed by atoms with Crippen LogP contribution in [0.5, 0.6) is 0 Å². The quantitative estimate of drug-likeness (QED) is 0.696. The van der Waals surface area contributed by atoms with Gasteiger partial charge in [0.1, 0.15) is 6.04 Å². The summed E-state index contributed by atoms with van der Waals surface area (Å²) < 4.78 is 5.34. The first-order chi connectivity index (χ1) is 14.5. The van der Waals surface area contributed by atoms with Crippen molar-refractivity contribution in [1.29, 1.82) is 0 Å². The van der Waals surface area contributed by atoms with Crippen LogP contribution in [0.25, 0.3) is 0 Å². The fourth-order valence-electron chi connectivity index (χ4n) is 4.57. The third-order valence-corrected chi connectivity index (χ3v) is 6.14. The van der Waals surface area contributed by atoms with Crippen LogP contribution < -0.4 is 10.6 Å². The van der Waals surface area contributed by atoms with Crippen LogP contribution in [0.4, 0.5) is 10.5 Å². The number of urea groups is 1. The molecule has 0 radical (unpaired) electrons. The van der Waals surface area contributed by atoms with Gasteiger partial charge in [-0.2, -0.15) is 0 Å². The first kappa shape index (κ1) is 22.1. The van der Waals surface area contributed by atoms with E-state index in [1.54, 1.807) is 12.1 Å². The third-order valence-electron chi connectivity index (χ3n) is 6.14. The fraction of sp³-hybridized carbons (Fsp3) is 0.609. The zero-order chi connectivity index (χ0) is 21.5. The highest BCUT2D eigenvalue weighted by molar-refractivity contribution is 5.93. The highest BCUT2D eigenvalue weighted by Gasteiger charge is 2.36. The minimum absolute atomic E-state index is 0.129. The topological polar surface area (TPSA) is 87.7 Å². The predicted molar refractivity (Wildman–Crippen MR) is 115 cm³/mol. The molecule has 1 saturated carbocycles. The number of esters is 1. The molecule has 2 fully saturated rings. The third kappa shape index (κ3) is 5.74. The Morgan fingerprint density at radius 3 is 2.50 bits per heavy atom. The minimum Gasteiger partial charge on any atom is -0.454 e. The molecule has 164 valence electrons. The Balaban J connectivity index is 1.52. The summed E-state index contributed by atoms with van der Waals surface area (Å²) in [5, 5.41) is 5.36. The zero-order valence-corrected chi connectivity index (χ0v) is 17.9. The van der Waals surface area contributed by atoms with Crippen molar-refractivity contribution in [1.82, 2.24) is 10.2 Å². The molecule has 1 heterocycles. The number of likely N-dealkylation sites (tertiary alicyclic amines) is 1. The molecule has 30 heavy (non-hydrogen) atoms. The molecule has 2 aliphatic rings. The smallest absolute Gasteiger partial charge is 0.329 e. The van der Waals surface area contributed by atoms with Gasteiger partial charge < -0.3 is 20.3 Å². The SMILES string of the molecule is CC(C)[C@H](NC(=O)Nc1ccccc1)C(=O)OCC(=O)N1CCC[C@H]2CCCC[C@@H]21. The molecule has 1 saturated heterocycles. The van der Waals surface area contributed by atoms with Crippen molar-refractivity contribution in [2.24, 2.45) is 11.8 Å². The Bertz CT molecular complexity index is 735. The maximum absolute atomic E-state index is 12.8. The molecule has 0 spiro atoms. The first-order valence-electron chi connectivity index (χ1n) is 11.0. The van der Waals surface area contributed by atoms with Crippen LogP contribution >= 0.6 is 0 Å². The van der Waals surface area contributed by atoms with Gasteiger partial charge in [0.25, 0.3) is 5.91 Å². The standard InChI is InChI=1S/C23H33N3O4/c1-16(2)21(25-23(29)24-18-11-4-3-5-12-18)22(28)30-15-20(27)26-14-8-10-17-9-6-7-13-19(17)26/h3-5,11-12,16-17,19,21H,6-10,13-15H2,1-2H3,(H2,24,25,29)/t17-,19+,21+/m1/s1. The molecule has 1 aliphatic heterocycles. The summed E-state index contributed by atoms with van der Waals surface area (Å²) in [6.07, 6.45) is 6.82. The Hall–Kier alpha value is -2.57. The van der Waals surface area contributed by atoms with Crippen LogP contribution in [0, 0.1) is 11.8 Å². The number of para-hydroxylation sites is 1. The van der Waals surface area contributed by atoms with Crippen LogP contribution in [0.15, 0.2) is 30.3 Å². The average molecular weight is 416 g/mol. The number of nitrogens with one attached hydrogen (secondary N) is 2. The molecule has 1 aromatic rings. The minimum atomic E-state index is -0.828. The number of fused-ring (bicyclic) bond motifs is 1. The van der Waals surface area contributed by atoms with Crippen LogP contribution in [0.3, 0.4) is 0 Å². The highest BCUT2D eigenvalue weighted by atomic mass is 16.5. The van der Waals surface area contributed by atoms with Crippen molar-refractivity contribution >= 4 is 23.6 Å². The van der Waals surface area contributed by atoms with E-state index in [4.69, 9.17) is 4.74 Å². The molecule has 1 aromatic carbocycles. The van der Waals surface area contributed by atoms with E-state index in [-0.39, 0.29) is 24.5 Å². The van der Waals surface area contributed by atoms with E-state index in [0.29, 0.717) is 11.6 Å². The number of amides is 3. The van der Waals surface area contributed by atoms with Crippen molar-refractivity contribution < 1.29 is 19.1 Å². The summed E-state index contributed by atoms with van der Waals surface area (Å²) in [5.74, 6) is -0.305. The number of carbonyl (C=O) groups is 3. The Morgan fingerprint density at radius 2 is 1.77 bits per heavy atom. The van der Waals surface area contributed by atoms with Gasteiger partial charge in [0.05, 0.1) is 0 Å². The molecule has 3 atom stereocenters. The summed E-state index contributed by atoms with van der Waals surface area (Å²) in [6.45, 7) is 4.12.